The lowest BCUT2D eigenvalue weighted by atomic mass is 10.2. The number of nitrogens with one attached hydrogen (secondary N) is 1. The summed E-state index contributed by atoms with van der Waals surface area (Å²) in [5, 5.41) is 3.41. The van der Waals surface area contributed by atoms with Crippen molar-refractivity contribution in [2.75, 3.05) is 13.2 Å². The van der Waals surface area contributed by atoms with Gasteiger partial charge in [0.15, 0.2) is 0 Å². The van der Waals surface area contributed by atoms with Crippen LogP contribution in [0.15, 0.2) is 48.5 Å². The van der Waals surface area contributed by atoms with Crippen LogP contribution in [0.2, 0.25) is 0 Å². The molecule has 0 amide bonds. The second kappa shape index (κ2) is 10.1. The standard InChI is InChI=1S/C20H26FNO2/c1-16(2)23-12-4-11-22-14-18-5-3-6-20(13-18)24-15-17-7-9-19(21)10-8-17/h3,5-10,13,16,22H,4,11-12,14-15H2,1-2H3. The summed E-state index contributed by atoms with van der Waals surface area (Å²) in [6.07, 6.45) is 1.29. The second-order valence-corrected chi connectivity index (χ2v) is 6.01. The summed E-state index contributed by atoms with van der Waals surface area (Å²) in [5.41, 5.74) is 2.13. The average molecular weight is 331 g/mol. The van der Waals surface area contributed by atoms with Gasteiger partial charge in [0.25, 0.3) is 0 Å². The van der Waals surface area contributed by atoms with Crippen LogP contribution in [0.1, 0.15) is 31.4 Å². The van der Waals surface area contributed by atoms with Crippen molar-refractivity contribution in [1.82, 2.24) is 5.32 Å². The largest absolute Gasteiger partial charge is 0.489 e. The van der Waals surface area contributed by atoms with Crippen LogP contribution < -0.4 is 10.1 Å². The van der Waals surface area contributed by atoms with E-state index >= 15 is 0 Å². The van der Waals surface area contributed by atoms with Crippen molar-refractivity contribution in [3.8, 4) is 5.75 Å². The van der Waals surface area contributed by atoms with Crippen molar-refractivity contribution in [2.45, 2.75) is 39.5 Å². The zero-order valence-corrected chi connectivity index (χ0v) is 14.4. The Hall–Kier alpha value is -1.91. The molecule has 0 radical (unpaired) electrons. The van der Waals surface area contributed by atoms with Crippen LogP contribution in [0, 0.1) is 5.82 Å². The van der Waals surface area contributed by atoms with Gasteiger partial charge in [-0.3, -0.25) is 0 Å². The van der Waals surface area contributed by atoms with Crippen LogP contribution in [-0.2, 0) is 17.9 Å². The summed E-state index contributed by atoms with van der Waals surface area (Å²) in [7, 11) is 0. The fraction of sp³-hybridized carbons (Fsp3) is 0.400. The highest BCUT2D eigenvalue weighted by molar-refractivity contribution is 5.29. The summed E-state index contributed by atoms with van der Waals surface area (Å²) in [6, 6.07) is 14.4. The summed E-state index contributed by atoms with van der Waals surface area (Å²) in [4.78, 5) is 0. The molecule has 0 spiro atoms. The Morgan fingerprint density at radius 3 is 2.58 bits per heavy atom. The number of hydrogen-bond donors (Lipinski definition) is 1. The highest BCUT2D eigenvalue weighted by Crippen LogP contribution is 2.15. The highest BCUT2D eigenvalue weighted by Gasteiger charge is 2.00. The van der Waals surface area contributed by atoms with Crippen LogP contribution in [0.5, 0.6) is 5.75 Å². The van der Waals surface area contributed by atoms with Gasteiger partial charge in [0.05, 0.1) is 6.10 Å². The molecule has 0 aliphatic rings. The highest BCUT2D eigenvalue weighted by atomic mass is 19.1. The van der Waals surface area contributed by atoms with Gasteiger partial charge in [-0.05, 0) is 62.2 Å². The van der Waals surface area contributed by atoms with Gasteiger partial charge in [-0.2, -0.15) is 0 Å². The van der Waals surface area contributed by atoms with Crippen molar-refractivity contribution in [2.24, 2.45) is 0 Å². The lowest BCUT2D eigenvalue weighted by molar-refractivity contribution is 0.0770. The van der Waals surface area contributed by atoms with E-state index in [-0.39, 0.29) is 5.82 Å². The molecule has 0 saturated carbocycles. The smallest absolute Gasteiger partial charge is 0.123 e. The minimum Gasteiger partial charge on any atom is -0.489 e. The van der Waals surface area contributed by atoms with Gasteiger partial charge < -0.3 is 14.8 Å². The summed E-state index contributed by atoms with van der Waals surface area (Å²) in [5.74, 6) is 0.590. The number of ether oxygens (including phenoxy) is 2. The maximum absolute atomic E-state index is 12.9. The molecular weight excluding hydrogens is 305 g/mol. The first kappa shape index (κ1) is 18.4. The van der Waals surface area contributed by atoms with Crippen molar-refractivity contribution in [1.29, 1.82) is 0 Å². The van der Waals surface area contributed by atoms with Gasteiger partial charge in [0.1, 0.15) is 18.2 Å². The minimum absolute atomic E-state index is 0.231. The van der Waals surface area contributed by atoms with Gasteiger partial charge in [0, 0.05) is 13.2 Å². The van der Waals surface area contributed by atoms with Gasteiger partial charge in [-0.25, -0.2) is 4.39 Å². The lowest BCUT2D eigenvalue weighted by Gasteiger charge is -2.10. The van der Waals surface area contributed by atoms with E-state index in [1.54, 1.807) is 12.1 Å². The topological polar surface area (TPSA) is 30.5 Å². The average Bonchev–Trinajstić information content (AvgIpc) is 2.58. The number of benzene rings is 2. The molecule has 0 atom stereocenters. The van der Waals surface area contributed by atoms with Crippen LogP contribution in [-0.4, -0.2) is 19.3 Å². The van der Waals surface area contributed by atoms with Crippen molar-refractivity contribution >= 4 is 0 Å². The predicted octanol–water partition coefficient (Wildman–Crippen LogP) is 4.31. The zero-order valence-electron chi connectivity index (χ0n) is 14.4. The molecule has 0 heterocycles. The van der Waals surface area contributed by atoms with Crippen molar-refractivity contribution < 1.29 is 13.9 Å². The summed E-state index contributed by atoms with van der Waals surface area (Å²) in [6.45, 7) is 7.04. The Morgan fingerprint density at radius 1 is 1.04 bits per heavy atom. The molecule has 0 aliphatic carbocycles. The molecule has 0 aromatic heterocycles. The van der Waals surface area contributed by atoms with Gasteiger partial charge in [-0.1, -0.05) is 24.3 Å². The first-order valence-corrected chi connectivity index (χ1v) is 8.42. The van der Waals surface area contributed by atoms with E-state index < -0.39 is 0 Å². The van der Waals surface area contributed by atoms with Gasteiger partial charge in [0.2, 0.25) is 0 Å². The number of rotatable bonds is 10. The second-order valence-electron chi connectivity index (χ2n) is 6.01. The maximum atomic E-state index is 12.9. The third-order valence-electron chi connectivity index (χ3n) is 3.50. The first-order valence-electron chi connectivity index (χ1n) is 8.42. The monoisotopic (exact) mass is 331 g/mol. The van der Waals surface area contributed by atoms with E-state index in [1.807, 2.05) is 32.0 Å². The van der Waals surface area contributed by atoms with Crippen LogP contribution in [0.4, 0.5) is 4.39 Å². The number of hydrogen-bond acceptors (Lipinski definition) is 3. The quantitative estimate of drug-likeness (QED) is 0.658. The number of halogens is 1. The molecule has 2 rings (SSSR count). The fourth-order valence-electron chi connectivity index (χ4n) is 2.24. The lowest BCUT2D eigenvalue weighted by Crippen LogP contribution is -2.17. The third kappa shape index (κ3) is 7.11. The SMILES string of the molecule is CC(C)OCCCNCc1cccc(OCc2ccc(F)cc2)c1. The molecule has 2 aromatic rings. The Morgan fingerprint density at radius 2 is 1.83 bits per heavy atom. The van der Waals surface area contributed by atoms with E-state index in [1.165, 1.54) is 17.7 Å². The first-order chi connectivity index (χ1) is 11.6. The normalized spacial score (nSPS) is 11.0. The molecule has 0 unspecified atom stereocenters. The van der Waals surface area contributed by atoms with Crippen LogP contribution in [0.3, 0.4) is 0 Å². The van der Waals surface area contributed by atoms with Crippen LogP contribution in [0.25, 0.3) is 0 Å². The molecule has 1 N–H and O–H groups in total. The Kier molecular flexibility index (Phi) is 7.72. The maximum Gasteiger partial charge on any atom is 0.123 e. The molecule has 130 valence electrons. The van der Waals surface area contributed by atoms with Gasteiger partial charge >= 0.3 is 0 Å². The molecule has 0 bridgehead atoms. The van der Waals surface area contributed by atoms with E-state index in [0.717, 1.165) is 37.4 Å². The molecule has 4 heteroatoms. The van der Waals surface area contributed by atoms with E-state index in [4.69, 9.17) is 9.47 Å². The molecule has 3 nitrogen and oxygen atoms in total. The minimum atomic E-state index is -0.231. The molecule has 24 heavy (non-hydrogen) atoms. The van der Waals surface area contributed by atoms with Gasteiger partial charge in [-0.15, -0.1) is 0 Å². The molecule has 2 aromatic carbocycles. The Labute approximate surface area is 143 Å². The van der Waals surface area contributed by atoms with E-state index in [9.17, 15) is 4.39 Å². The van der Waals surface area contributed by atoms with E-state index in [2.05, 4.69) is 11.4 Å². The zero-order chi connectivity index (χ0) is 17.2. The molecular formula is C20H26FNO2. The Balaban J connectivity index is 1.71. The molecule has 0 aliphatic heterocycles. The molecule has 0 fully saturated rings. The summed E-state index contributed by atoms with van der Waals surface area (Å²) < 4.78 is 24.2. The van der Waals surface area contributed by atoms with Crippen molar-refractivity contribution in [3.05, 3.63) is 65.5 Å². The predicted molar refractivity (Wildman–Crippen MR) is 94.6 cm³/mol. The summed E-state index contributed by atoms with van der Waals surface area (Å²) >= 11 is 0. The van der Waals surface area contributed by atoms with Crippen LogP contribution >= 0.6 is 0 Å². The van der Waals surface area contributed by atoms with E-state index in [0.29, 0.717) is 12.7 Å². The Bertz CT molecular complexity index is 599. The fourth-order valence-corrected chi connectivity index (χ4v) is 2.24. The third-order valence-corrected chi connectivity index (χ3v) is 3.50. The molecule has 0 saturated heterocycles. The van der Waals surface area contributed by atoms with Crippen molar-refractivity contribution in [3.63, 3.8) is 0 Å².